The van der Waals surface area contributed by atoms with E-state index in [-0.39, 0.29) is 17.1 Å². The van der Waals surface area contributed by atoms with Crippen molar-refractivity contribution < 1.29 is 19.3 Å². The second-order valence-corrected chi connectivity index (χ2v) is 4.16. The van der Waals surface area contributed by atoms with Gasteiger partial charge in [-0.2, -0.15) is 0 Å². The third-order valence-corrected chi connectivity index (χ3v) is 2.58. The van der Waals surface area contributed by atoms with Crippen LogP contribution in [-0.2, 0) is 9.47 Å². The van der Waals surface area contributed by atoms with Gasteiger partial charge in [0.2, 0.25) is 0 Å². The molecule has 0 spiro atoms. The van der Waals surface area contributed by atoms with Crippen LogP contribution in [0.25, 0.3) is 0 Å². The summed E-state index contributed by atoms with van der Waals surface area (Å²) in [6.07, 6.45) is 0. The summed E-state index contributed by atoms with van der Waals surface area (Å²) in [5.41, 5.74) is 4.78. The molecule has 0 bridgehead atoms. The van der Waals surface area contributed by atoms with Gasteiger partial charge < -0.3 is 20.5 Å². The van der Waals surface area contributed by atoms with Gasteiger partial charge in [0.25, 0.3) is 11.4 Å². The van der Waals surface area contributed by atoms with Crippen molar-refractivity contribution >= 4 is 17.1 Å². The Hall–Kier alpha value is -2.30. The monoisotopic (exact) mass is 314 g/mol. The number of nitrogens with one attached hydrogen (secondary N) is 1. The Bertz CT molecular complexity index is 510. The summed E-state index contributed by atoms with van der Waals surface area (Å²) >= 11 is 0. The molecule has 0 saturated heterocycles. The molecule has 22 heavy (non-hydrogen) atoms. The van der Waals surface area contributed by atoms with E-state index in [4.69, 9.17) is 15.2 Å². The quantitative estimate of drug-likeness (QED) is 0.348. The summed E-state index contributed by atoms with van der Waals surface area (Å²) in [7, 11) is 0. The predicted octanol–water partition coefficient (Wildman–Crippen LogP) is 0.907. The fraction of sp³-hybridized carbons (Fsp3) is 0.500. The molecule has 0 amide bonds. The van der Waals surface area contributed by atoms with Gasteiger partial charge in [0.1, 0.15) is 5.69 Å². The number of nitrogens with zero attached hydrogens (tertiary/aromatic N) is 2. The van der Waals surface area contributed by atoms with E-state index in [9.17, 15) is 20.2 Å². The van der Waals surface area contributed by atoms with Crippen molar-refractivity contribution in [1.29, 1.82) is 0 Å². The van der Waals surface area contributed by atoms with Crippen LogP contribution in [0.15, 0.2) is 18.2 Å². The smallest absolute Gasteiger partial charge is 0.299 e. The average molecular weight is 314 g/mol. The third-order valence-electron chi connectivity index (χ3n) is 2.58. The Balaban J connectivity index is 2.42. The predicted molar refractivity (Wildman–Crippen MR) is 78.9 cm³/mol. The maximum Gasteiger partial charge on any atom is 0.299 e. The normalized spacial score (nSPS) is 10.4. The number of benzene rings is 1. The fourth-order valence-electron chi connectivity index (χ4n) is 1.60. The highest BCUT2D eigenvalue weighted by atomic mass is 16.6. The van der Waals surface area contributed by atoms with E-state index in [1.54, 1.807) is 0 Å². The summed E-state index contributed by atoms with van der Waals surface area (Å²) in [6.45, 7) is 2.39. The standard InChI is InChI=1S/C12H18N4O6/c13-3-5-21-7-8-22-6-4-14-11-2-1-10(15(17)18)9-12(11)16(19)20/h1-2,9,14H,3-8,13H2. The molecule has 10 nitrogen and oxygen atoms in total. The molecule has 122 valence electrons. The number of non-ortho nitro benzene ring substituents is 1. The van der Waals surface area contributed by atoms with E-state index in [0.29, 0.717) is 39.5 Å². The van der Waals surface area contributed by atoms with Crippen LogP contribution < -0.4 is 11.1 Å². The topological polar surface area (TPSA) is 143 Å². The number of anilines is 1. The molecule has 0 unspecified atom stereocenters. The van der Waals surface area contributed by atoms with Crippen molar-refractivity contribution in [1.82, 2.24) is 0 Å². The van der Waals surface area contributed by atoms with Gasteiger partial charge in [-0.05, 0) is 6.07 Å². The van der Waals surface area contributed by atoms with Crippen LogP contribution in [0.5, 0.6) is 0 Å². The zero-order chi connectivity index (χ0) is 16.4. The second-order valence-electron chi connectivity index (χ2n) is 4.16. The molecule has 0 aliphatic carbocycles. The molecule has 0 aliphatic heterocycles. The highest BCUT2D eigenvalue weighted by Gasteiger charge is 2.18. The SMILES string of the molecule is NCCOCCOCCNc1ccc([N+](=O)[O-])cc1[N+](=O)[O-]. The van der Waals surface area contributed by atoms with Crippen molar-refractivity contribution in [3.8, 4) is 0 Å². The molecule has 0 atom stereocenters. The first-order valence-corrected chi connectivity index (χ1v) is 6.58. The van der Waals surface area contributed by atoms with Gasteiger partial charge in [0.15, 0.2) is 0 Å². The molecule has 0 radical (unpaired) electrons. The summed E-state index contributed by atoms with van der Waals surface area (Å²) in [5.74, 6) is 0. The fourth-order valence-corrected chi connectivity index (χ4v) is 1.60. The van der Waals surface area contributed by atoms with Gasteiger partial charge in [-0.25, -0.2) is 0 Å². The summed E-state index contributed by atoms with van der Waals surface area (Å²) in [4.78, 5) is 20.2. The van der Waals surface area contributed by atoms with Crippen molar-refractivity contribution in [2.24, 2.45) is 5.73 Å². The molecule has 1 rings (SSSR count). The Kier molecular flexibility index (Phi) is 7.75. The van der Waals surface area contributed by atoms with E-state index >= 15 is 0 Å². The molecule has 1 aromatic rings. The van der Waals surface area contributed by atoms with Crippen molar-refractivity contribution in [2.45, 2.75) is 0 Å². The number of nitrogens with two attached hydrogens (primary N) is 1. The van der Waals surface area contributed by atoms with Crippen LogP contribution in [0.4, 0.5) is 17.1 Å². The molecule has 0 aromatic heterocycles. The van der Waals surface area contributed by atoms with Crippen molar-refractivity contribution in [3.63, 3.8) is 0 Å². The van der Waals surface area contributed by atoms with E-state index in [2.05, 4.69) is 5.32 Å². The van der Waals surface area contributed by atoms with E-state index < -0.39 is 9.85 Å². The maximum absolute atomic E-state index is 10.9. The molecule has 0 saturated carbocycles. The van der Waals surface area contributed by atoms with E-state index in [0.717, 1.165) is 6.07 Å². The lowest BCUT2D eigenvalue weighted by atomic mass is 10.2. The molecule has 0 aliphatic rings. The Morgan fingerprint density at radius 3 is 2.32 bits per heavy atom. The number of nitro benzene ring substituents is 2. The Morgan fingerprint density at radius 1 is 1.05 bits per heavy atom. The summed E-state index contributed by atoms with van der Waals surface area (Å²) in [5, 5.41) is 24.3. The lowest BCUT2D eigenvalue weighted by Crippen LogP contribution is -2.15. The minimum atomic E-state index is -0.679. The van der Waals surface area contributed by atoms with Gasteiger partial charge in [0, 0.05) is 19.2 Å². The van der Waals surface area contributed by atoms with E-state index in [1.807, 2.05) is 0 Å². The summed E-state index contributed by atoms with van der Waals surface area (Å²) in [6, 6.07) is 3.43. The van der Waals surface area contributed by atoms with Gasteiger partial charge in [-0.15, -0.1) is 0 Å². The van der Waals surface area contributed by atoms with Crippen LogP contribution in [0.3, 0.4) is 0 Å². The van der Waals surface area contributed by atoms with Crippen LogP contribution in [0, 0.1) is 20.2 Å². The Morgan fingerprint density at radius 2 is 1.73 bits per heavy atom. The number of hydrogen-bond donors (Lipinski definition) is 2. The molecule has 3 N–H and O–H groups in total. The van der Waals surface area contributed by atoms with Gasteiger partial charge in [0.05, 0.1) is 42.3 Å². The van der Waals surface area contributed by atoms with Crippen LogP contribution in [0.1, 0.15) is 0 Å². The van der Waals surface area contributed by atoms with Crippen molar-refractivity contribution in [3.05, 3.63) is 38.4 Å². The first kappa shape index (κ1) is 17.8. The number of rotatable bonds is 11. The molecule has 0 heterocycles. The first-order valence-electron chi connectivity index (χ1n) is 6.58. The lowest BCUT2D eigenvalue weighted by Gasteiger charge is -2.08. The molecular weight excluding hydrogens is 296 g/mol. The first-order chi connectivity index (χ1) is 10.6. The zero-order valence-corrected chi connectivity index (χ0v) is 11.9. The highest BCUT2D eigenvalue weighted by Crippen LogP contribution is 2.28. The van der Waals surface area contributed by atoms with E-state index in [1.165, 1.54) is 12.1 Å². The van der Waals surface area contributed by atoms with Crippen molar-refractivity contribution in [2.75, 3.05) is 44.8 Å². The van der Waals surface area contributed by atoms with Gasteiger partial charge in [-0.3, -0.25) is 20.2 Å². The average Bonchev–Trinajstić information content (AvgIpc) is 2.49. The maximum atomic E-state index is 10.9. The summed E-state index contributed by atoms with van der Waals surface area (Å²) < 4.78 is 10.4. The number of nitro groups is 2. The molecule has 10 heteroatoms. The molecular formula is C12H18N4O6. The second kappa shape index (κ2) is 9.60. The minimum absolute atomic E-state index is 0.207. The zero-order valence-electron chi connectivity index (χ0n) is 11.9. The highest BCUT2D eigenvalue weighted by molar-refractivity contribution is 5.65. The largest absolute Gasteiger partial charge is 0.378 e. The minimum Gasteiger partial charge on any atom is -0.378 e. The third kappa shape index (κ3) is 5.99. The van der Waals surface area contributed by atoms with Crippen LogP contribution >= 0.6 is 0 Å². The number of ether oxygens (including phenoxy) is 2. The Labute approximate surface area is 126 Å². The van der Waals surface area contributed by atoms with Crippen LogP contribution in [0.2, 0.25) is 0 Å². The van der Waals surface area contributed by atoms with Gasteiger partial charge in [-0.1, -0.05) is 0 Å². The van der Waals surface area contributed by atoms with Crippen LogP contribution in [-0.4, -0.2) is 49.4 Å². The lowest BCUT2D eigenvalue weighted by molar-refractivity contribution is -0.393. The molecule has 1 aromatic carbocycles. The number of hydrogen-bond acceptors (Lipinski definition) is 8. The molecule has 0 fully saturated rings. The van der Waals surface area contributed by atoms with Gasteiger partial charge >= 0.3 is 0 Å².